The van der Waals surface area contributed by atoms with E-state index in [9.17, 15) is 4.79 Å². The van der Waals surface area contributed by atoms with Crippen LogP contribution in [0.2, 0.25) is 0 Å². The van der Waals surface area contributed by atoms with Crippen molar-refractivity contribution in [3.63, 3.8) is 0 Å². The van der Waals surface area contributed by atoms with Gasteiger partial charge in [0.1, 0.15) is 0 Å². The molecule has 0 aromatic heterocycles. The molecule has 0 bridgehead atoms. The van der Waals surface area contributed by atoms with E-state index in [2.05, 4.69) is 5.92 Å². The van der Waals surface area contributed by atoms with Crippen LogP contribution < -0.4 is 0 Å². The second kappa shape index (κ2) is 5.05. The fourth-order valence-electron chi connectivity index (χ4n) is 1.92. The molecule has 2 rings (SSSR count). The third-order valence-corrected chi connectivity index (χ3v) is 3.12. The summed E-state index contributed by atoms with van der Waals surface area (Å²) in [5, 5.41) is 0. The van der Waals surface area contributed by atoms with Crippen LogP contribution >= 0.6 is 0 Å². The Bertz CT molecular complexity index is 454. The van der Waals surface area contributed by atoms with Gasteiger partial charge in [0.25, 0.3) is 5.91 Å². The van der Waals surface area contributed by atoms with E-state index < -0.39 is 0 Å². The fraction of sp³-hybridized carbons (Fsp3) is 0.400. The Morgan fingerprint density at radius 1 is 1.47 bits per heavy atom. The van der Waals surface area contributed by atoms with E-state index >= 15 is 0 Å². The van der Waals surface area contributed by atoms with Gasteiger partial charge in [-0.1, -0.05) is 24.1 Å². The van der Waals surface area contributed by atoms with Crippen LogP contribution in [0.1, 0.15) is 28.8 Å². The average molecular weight is 227 g/mol. The maximum absolute atomic E-state index is 12.3. The van der Waals surface area contributed by atoms with Crippen molar-refractivity contribution in [3.8, 4) is 12.3 Å². The van der Waals surface area contributed by atoms with Crippen LogP contribution in [-0.4, -0.2) is 23.9 Å². The summed E-state index contributed by atoms with van der Waals surface area (Å²) in [6.07, 6.45) is 7.78. The number of benzene rings is 1. The van der Waals surface area contributed by atoms with E-state index in [1.807, 2.05) is 31.2 Å². The Morgan fingerprint density at radius 3 is 2.76 bits per heavy atom. The molecule has 0 heterocycles. The zero-order valence-electron chi connectivity index (χ0n) is 10.1. The summed E-state index contributed by atoms with van der Waals surface area (Å²) >= 11 is 0. The Kier molecular flexibility index (Phi) is 3.49. The van der Waals surface area contributed by atoms with Crippen molar-refractivity contribution < 1.29 is 4.79 Å². The van der Waals surface area contributed by atoms with Gasteiger partial charge in [-0.05, 0) is 37.3 Å². The highest BCUT2D eigenvalue weighted by Gasteiger charge is 2.27. The Labute approximate surface area is 103 Å². The predicted molar refractivity (Wildman–Crippen MR) is 68.6 cm³/mol. The first kappa shape index (κ1) is 11.7. The van der Waals surface area contributed by atoms with Crippen molar-refractivity contribution >= 4 is 5.91 Å². The molecule has 17 heavy (non-hydrogen) atoms. The molecule has 0 unspecified atom stereocenters. The number of rotatable bonds is 4. The van der Waals surface area contributed by atoms with Crippen LogP contribution in [0.4, 0.5) is 0 Å². The molecule has 1 aromatic rings. The summed E-state index contributed by atoms with van der Waals surface area (Å²) < 4.78 is 0. The molecule has 2 nitrogen and oxygen atoms in total. The van der Waals surface area contributed by atoms with Crippen molar-refractivity contribution in [2.24, 2.45) is 5.92 Å². The summed E-state index contributed by atoms with van der Waals surface area (Å²) in [5.41, 5.74) is 1.78. The molecule has 0 radical (unpaired) electrons. The zero-order valence-corrected chi connectivity index (χ0v) is 10.1. The number of carbonyl (C=O) groups excluding carboxylic acids is 1. The fourth-order valence-corrected chi connectivity index (χ4v) is 1.92. The molecule has 1 fully saturated rings. The molecule has 2 heteroatoms. The van der Waals surface area contributed by atoms with Crippen LogP contribution in [0.25, 0.3) is 0 Å². The Morgan fingerprint density at radius 2 is 2.18 bits per heavy atom. The number of amides is 1. The predicted octanol–water partition coefficient (Wildman–Crippen LogP) is 2.48. The normalized spacial score (nSPS) is 14.1. The monoisotopic (exact) mass is 227 g/mol. The van der Waals surface area contributed by atoms with Crippen LogP contribution in [0, 0.1) is 25.2 Å². The molecule has 1 amide bonds. The van der Waals surface area contributed by atoms with Gasteiger partial charge in [-0.15, -0.1) is 6.42 Å². The summed E-state index contributed by atoms with van der Waals surface area (Å²) in [6, 6.07) is 7.66. The number of hydrogen-bond acceptors (Lipinski definition) is 1. The highest BCUT2D eigenvalue weighted by Crippen LogP contribution is 2.30. The van der Waals surface area contributed by atoms with E-state index in [1.165, 1.54) is 12.8 Å². The number of aryl methyl sites for hydroxylation is 1. The van der Waals surface area contributed by atoms with Crippen molar-refractivity contribution in [2.45, 2.75) is 19.8 Å². The van der Waals surface area contributed by atoms with Crippen LogP contribution in [0.3, 0.4) is 0 Å². The van der Waals surface area contributed by atoms with Gasteiger partial charge >= 0.3 is 0 Å². The summed E-state index contributed by atoms with van der Waals surface area (Å²) in [4.78, 5) is 14.1. The second-order valence-electron chi connectivity index (χ2n) is 4.65. The lowest BCUT2D eigenvalue weighted by atomic mass is 10.1. The lowest BCUT2D eigenvalue weighted by molar-refractivity contribution is 0.0769. The highest BCUT2D eigenvalue weighted by atomic mass is 16.2. The number of hydrogen-bond donors (Lipinski definition) is 0. The number of nitrogens with zero attached hydrogens (tertiary/aromatic N) is 1. The van der Waals surface area contributed by atoms with Crippen LogP contribution in [0.5, 0.6) is 0 Å². The van der Waals surface area contributed by atoms with Crippen molar-refractivity contribution in [3.05, 3.63) is 35.4 Å². The topological polar surface area (TPSA) is 20.3 Å². The zero-order chi connectivity index (χ0) is 12.3. The van der Waals surface area contributed by atoms with E-state index in [0.29, 0.717) is 12.5 Å². The van der Waals surface area contributed by atoms with E-state index in [-0.39, 0.29) is 5.91 Å². The molecule has 0 saturated heterocycles. The van der Waals surface area contributed by atoms with Gasteiger partial charge in [0.05, 0.1) is 6.54 Å². The molecule has 0 N–H and O–H groups in total. The van der Waals surface area contributed by atoms with Crippen LogP contribution in [-0.2, 0) is 0 Å². The minimum atomic E-state index is 0.0629. The molecule has 1 saturated carbocycles. The standard InChI is InChI=1S/C15H17NO/c1-3-10-16(11-13-8-9-13)15(17)14-7-5-4-6-12(14)2/h1,4-7,13H,8-11H2,2H3. The minimum Gasteiger partial charge on any atom is -0.327 e. The molecule has 1 aliphatic carbocycles. The van der Waals surface area contributed by atoms with Crippen molar-refractivity contribution in [1.82, 2.24) is 4.90 Å². The quantitative estimate of drug-likeness (QED) is 0.724. The molecular formula is C15H17NO. The molecule has 0 atom stereocenters. The molecular weight excluding hydrogens is 210 g/mol. The van der Waals surface area contributed by atoms with Gasteiger partial charge in [0, 0.05) is 12.1 Å². The molecule has 0 aliphatic heterocycles. The lowest BCUT2D eigenvalue weighted by Crippen LogP contribution is -2.33. The van der Waals surface area contributed by atoms with E-state index in [1.54, 1.807) is 4.90 Å². The SMILES string of the molecule is C#CCN(CC1CC1)C(=O)c1ccccc1C. The van der Waals surface area contributed by atoms with Gasteiger partial charge in [-0.3, -0.25) is 4.79 Å². The first-order valence-electron chi connectivity index (χ1n) is 6.00. The van der Waals surface area contributed by atoms with Crippen molar-refractivity contribution in [2.75, 3.05) is 13.1 Å². The second-order valence-corrected chi connectivity index (χ2v) is 4.65. The first-order chi connectivity index (χ1) is 8.22. The smallest absolute Gasteiger partial charge is 0.254 e. The first-order valence-corrected chi connectivity index (χ1v) is 6.00. The van der Waals surface area contributed by atoms with E-state index in [4.69, 9.17) is 6.42 Å². The van der Waals surface area contributed by atoms with Crippen molar-refractivity contribution in [1.29, 1.82) is 0 Å². The lowest BCUT2D eigenvalue weighted by Gasteiger charge is -2.21. The average Bonchev–Trinajstić information content (AvgIpc) is 3.12. The third-order valence-electron chi connectivity index (χ3n) is 3.12. The molecule has 0 spiro atoms. The van der Waals surface area contributed by atoms with E-state index in [0.717, 1.165) is 17.7 Å². The Balaban J connectivity index is 2.15. The number of terminal acetylenes is 1. The molecule has 1 aromatic carbocycles. The molecule has 88 valence electrons. The molecule has 1 aliphatic rings. The highest BCUT2D eigenvalue weighted by molar-refractivity contribution is 5.95. The van der Waals surface area contributed by atoms with Crippen LogP contribution in [0.15, 0.2) is 24.3 Å². The van der Waals surface area contributed by atoms with Gasteiger partial charge in [-0.2, -0.15) is 0 Å². The summed E-state index contributed by atoms with van der Waals surface area (Å²) in [6.45, 7) is 3.17. The minimum absolute atomic E-state index is 0.0629. The van der Waals surface area contributed by atoms with Gasteiger partial charge in [0.15, 0.2) is 0 Å². The largest absolute Gasteiger partial charge is 0.327 e. The van der Waals surface area contributed by atoms with Gasteiger partial charge < -0.3 is 4.90 Å². The van der Waals surface area contributed by atoms with Gasteiger partial charge in [-0.25, -0.2) is 0 Å². The number of carbonyl (C=O) groups is 1. The maximum Gasteiger partial charge on any atom is 0.254 e. The summed E-state index contributed by atoms with van der Waals surface area (Å²) in [7, 11) is 0. The Hall–Kier alpha value is -1.75. The summed E-state index contributed by atoms with van der Waals surface area (Å²) in [5.74, 6) is 3.30. The maximum atomic E-state index is 12.3. The third kappa shape index (κ3) is 2.88. The van der Waals surface area contributed by atoms with Gasteiger partial charge in [0.2, 0.25) is 0 Å².